The van der Waals surface area contributed by atoms with E-state index in [1.165, 1.54) is 16.7 Å². The molecule has 1 N–H and O–H groups in total. The summed E-state index contributed by atoms with van der Waals surface area (Å²) in [4.78, 5) is 38.3. The lowest BCUT2D eigenvalue weighted by molar-refractivity contribution is -0.124. The van der Waals surface area contributed by atoms with E-state index in [0.717, 1.165) is 29.4 Å². The van der Waals surface area contributed by atoms with Gasteiger partial charge in [0, 0.05) is 12.1 Å². The van der Waals surface area contributed by atoms with E-state index in [4.69, 9.17) is 0 Å². The molecule has 30 heavy (non-hydrogen) atoms. The predicted octanol–water partition coefficient (Wildman–Crippen LogP) is 2.60. The van der Waals surface area contributed by atoms with Crippen molar-refractivity contribution in [3.63, 3.8) is 0 Å². The van der Waals surface area contributed by atoms with Gasteiger partial charge < -0.3 is 5.32 Å². The van der Waals surface area contributed by atoms with E-state index in [-0.39, 0.29) is 30.4 Å². The summed E-state index contributed by atoms with van der Waals surface area (Å²) in [6, 6.07) is 13.2. The summed E-state index contributed by atoms with van der Waals surface area (Å²) in [6.07, 6.45) is 3.14. The first kappa shape index (κ1) is 20.1. The van der Waals surface area contributed by atoms with E-state index in [2.05, 4.69) is 5.32 Å². The van der Waals surface area contributed by atoms with E-state index < -0.39 is 11.2 Å². The SMILES string of the molecule is CCn1c(=O)c2ccccc2n(CC(=O)NC2(Cc3cccc(F)c3)CCC2)c1=O. The Balaban J connectivity index is 1.62. The van der Waals surface area contributed by atoms with Gasteiger partial charge in [-0.2, -0.15) is 0 Å². The fourth-order valence-electron chi connectivity index (χ4n) is 4.27. The van der Waals surface area contributed by atoms with Gasteiger partial charge in [0.15, 0.2) is 0 Å². The molecule has 1 aromatic heterocycles. The Labute approximate surface area is 173 Å². The molecule has 1 saturated carbocycles. The van der Waals surface area contributed by atoms with Crippen LogP contribution in [0.15, 0.2) is 58.1 Å². The number of carbonyl (C=O) groups excluding carboxylic acids is 1. The van der Waals surface area contributed by atoms with Gasteiger partial charge in [-0.3, -0.25) is 18.7 Å². The summed E-state index contributed by atoms with van der Waals surface area (Å²) in [7, 11) is 0. The van der Waals surface area contributed by atoms with Crippen LogP contribution in [-0.2, 0) is 24.3 Å². The lowest BCUT2D eigenvalue weighted by atomic mass is 9.72. The molecule has 7 heteroatoms. The van der Waals surface area contributed by atoms with Crippen LogP contribution in [0.3, 0.4) is 0 Å². The molecule has 0 unspecified atom stereocenters. The molecule has 6 nitrogen and oxygen atoms in total. The van der Waals surface area contributed by atoms with E-state index in [9.17, 15) is 18.8 Å². The Morgan fingerprint density at radius 1 is 1.10 bits per heavy atom. The van der Waals surface area contributed by atoms with Crippen molar-refractivity contribution in [2.24, 2.45) is 0 Å². The van der Waals surface area contributed by atoms with Gasteiger partial charge in [-0.1, -0.05) is 24.3 Å². The van der Waals surface area contributed by atoms with Gasteiger partial charge in [0.2, 0.25) is 5.91 Å². The molecule has 1 fully saturated rings. The van der Waals surface area contributed by atoms with Crippen molar-refractivity contribution in [3.8, 4) is 0 Å². The molecule has 1 aliphatic carbocycles. The van der Waals surface area contributed by atoms with Crippen LogP contribution >= 0.6 is 0 Å². The molecule has 0 spiro atoms. The highest BCUT2D eigenvalue weighted by atomic mass is 19.1. The van der Waals surface area contributed by atoms with Gasteiger partial charge in [-0.15, -0.1) is 0 Å². The minimum absolute atomic E-state index is 0.176. The van der Waals surface area contributed by atoms with Gasteiger partial charge in [-0.05, 0) is 62.4 Å². The summed E-state index contributed by atoms with van der Waals surface area (Å²) >= 11 is 0. The molecule has 0 aliphatic heterocycles. The second-order valence-corrected chi connectivity index (χ2v) is 7.92. The number of fused-ring (bicyclic) bond motifs is 1. The van der Waals surface area contributed by atoms with Crippen LogP contribution in [-0.4, -0.2) is 20.6 Å². The lowest BCUT2D eigenvalue weighted by Crippen LogP contribution is -2.56. The molecule has 4 rings (SSSR count). The summed E-state index contributed by atoms with van der Waals surface area (Å²) in [5, 5.41) is 3.49. The molecule has 2 aromatic carbocycles. The van der Waals surface area contributed by atoms with Crippen molar-refractivity contribution >= 4 is 16.8 Å². The number of nitrogens with one attached hydrogen (secondary N) is 1. The van der Waals surface area contributed by atoms with Gasteiger partial charge in [0.05, 0.1) is 10.9 Å². The van der Waals surface area contributed by atoms with E-state index in [1.807, 2.05) is 6.07 Å². The fraction of sp³-hybridized carbons (Fsp3) is 0.348. The Morgan fingerprint density at radius 2 is 1.87 bits per heavy atom. The third-order valence-electron chi connectivity index (χ3n) is 5.90. The number of hydrogen-bond acceptors (Lipinski definition) is 3. The Bertz CT molecular complexity index is 1220. The molecule has 1 amide bonds. The quantitative estimate of drug-likeness (QED) is 0.680. The van der Waals surface area contributed by atoms with Gasteiger partial charge in [0.1, 0.15) is 12.4 Å². The zero-order chi connectivity index (χ0) is 21.3. The number of benzene rings is 2. The molecular formula is C23H24FN3O3. The van der Waals surface area contributed by atoms with Crippen LogP contribution in [0.4, 0.5) is 4.39 Å². The van der Waals surface area contributed by atoms with Crippen LogP contribution in [0, 0.1) is 5.82 Å². The Kier molecular flexibility index (Phi) is 5.28. The first-order valence-electron chi connectivity index (χ1n) is 10.2. The number of hydrogen-bond donors (Lipinski definition) is 1. The molecule has 0 bridgehead atoms. The first-order chi connectivity index (χ1) is 14.4. The number of halogens is 1. The third kappa shape index (κ3) is 3.67. The zero-order valence-electron chi connectivity index (χ0n) is 16.9. The van der Waals surface area contributed by atoms with Gasteiger partial charge in [-0.25, -0.2) is 9.18 Å². The van der Waals surface area contributed by atoms with Crippen LogP contribution in [0.25, 0.3) is 10.9 Å². The standard InChI is InChI=1S/C23H24FN3O3/c1-2-26-21(29)18-9-3-4-10-19(18)27(22(26)30)15-20(28)25-23(11-6-12-23)14-16-7-5-8-17(24)13-16/h3-5,7-10,13H,2,6,11-12,14-15H2,1H3,(H,25,28). The minimum atomic E-state index is -0.496. The van der Waals surface area contributed by atoms with E-state index in [0.29, 0.717) is 17.3 Å². The summed E-state index contributed by atoms with van der Waals surface area (Å²) < 4.78 is 16.0. The fourth-order valence-corrected chi connectivity index (χ4v) is 4.27. The molecule has 156 valence electrons. The van der Waals surface area contributed by atoms with Crippen LogP contribution in [0.2, 0.25) is 0 Å². The van der Waals surface area contributed by atoms with Crippen LogP contribution < -0.4 is 16.6 Å². The Hall–Kier alpha value is -3.22. The van der Waals surface area contributed by atoms with Crippen molar-refractivity contribution in [2.75, 3.05) is 0 Å². The number of rotatable bonds is 6. The average Bonchev–Trinajstić information content (AvgIpc) is 2.70. The van der Waals surface area contributed by atoms with Crippen LogP contribution in [0.5, 0.6) is 0 Å². The highest BCUT2D eigenvalue weighted by Crippen LogP contribution is 2.35. The maximum atomic E-state index is 13.6. The molecule has 3 aromatic rings. The second-order valence-electron chi connectivity index (χ2n) is 7.92. The van der Waals surface area contributed by atoms with Crippen molar-refractivity contribution < 1.29 is 9.18 Å². The molecular weight excluding hydrogens is 385 g/mol. The monoisotopic (exact) mass is 409 g/mol. The zero-order valence-corrected chi connectivity index (χ0v) is 16.9. The topological polar surface area (TPSA) is 73.1 Å². The van der Waals surface area contributed by atoms with Crippen molar-refractivity contribution in [3.05, 3.63) is 80.7 Å². The molecule has 0 radical (unpaired) electrons. The summed E-state index contributed by atoms with van der Waals surface area (Å²) in [5.41, 5.74) is 0.00139. The van der Waals surface area contributed by atoms with Crippen molar-refractivity contribution in [1.29, 1.82) is 0 Å². The smallest absolute Gasteiger partial charge is 0.331 e. The minimum Gasteiger partial charge on any atom is -0.349 e. The maximum Gasteiger partial charge on any atom is 0.331 e. The molecule has 0 atom stereocenters. The molecule has 1 aliphatic rings. The summed E-state index contributed by atoms with van der Waals surface area (Å²) in [5.74, 6) is -0.590. The third-order valence-corrected chi connectivity index (χ3v) is 5.90. The van der Waals surface area contributed by atoms with Crippen molar-refractivity contribution in [1.82, 2.24) is 14.5 Å². The molecule has 1 heterocycles. The van der Waals surface area contributed by atoms with E-state index in [1.54, 1.807) is 37.3 Å². The normalized spacial score (nSPS) is 15.0. The number of aromatic nitrogens is 2. The maximum absolute atomic E-state index is 13.6. The number of nitrogens with zero attached hydrogens (tertiary/aromatic N) is 2. The van der Waals surface area contributed by atoms with Gasteiger partial charge >= 0.3 is 5.69 Å². The predicted molar refractivity (Wildman–Crippen MR) is 113 cm³/mol. The average molecular weight is 409 g/mol. The first-order valence-corrected chi connectivity index (χ1v) is 10.2. The highest BCUT2D eigenvalue weighted by molar-refractivity contribution is 5.82. The van der Waals surface area contributed by atoms with Crippen LogP contribution in [0.1, 0.15) is 31.7 Å². The Morgan fingerprint density at radius 3 is 2.53 bits per heavy atom. The number of para-hydroxylation sites is 1. The van der Waals surface area contributed by atoms with Crippen molar-refractivity contribution in [2.45, 2.75) is 51.2 Å². The van der Waals surface area contributed by atoms with Gasteiger partial charge in [0.25, 0.3) is 5.56 Å². The largest absolute Gasteiger partial charge is 0.349 e. The summed E-state index contributed by atoms with van der Waals surface area (Å²) in [6.45, 7) is 1.78. The lowest BCUT2D eigenvalue weighted by Gasteiger charge is -2.43. The highest BCUT2D eigenvalue weighted by Gasteiger charge is 2.38. The second kappa shape index (κ2) is 7.89. The van der Waals surface area contributed by atoms with E-state index >= 15 is 0 Å². The number of amides is 1. The number of carbonyl (C=O) groups is 1. The molecule has 0 saturated heterocycles.